The summed E-state index contributed by atoms with van der Waals surface area (Å²) in [5, 5.41) is 6.45. The predicted octanol–water partition coefficient (Wildman–Crippen LogP) is 3.41. The zero-order chi connectivity index (χ0) is 21.6. The number of piperidine rings is 1. The van der Waals surface area contributed by atoms with Gasteiger partial charge in [-0.3, -0.25) is 9.19 Å². The molecule has 1 fully saturated rings. The molecule has 0 saturated carbocycles. The fourth-order valence-electron chi connectivity index (χ4n) is 3.62. The van der Waals surface area contributed by atoms with Gasteiger partial charge in [0.25, 0.3) is 0 Å². The summed E-state index contributed by atoms with van der Waals surface area (Å²) in [7, 11) is -1.05. The van der Waals surface area contributed by atoms with Crippen LogP contribution in [0.5, 0.6) is 0 Å². The first-order chi connectivity index (χ1) is 15.1. The third-order valence-corrected chi connectivity index (χ3v) is 6.17. The predicted molar refractivity (Wildman–Crippen MR) is 126 cm³/mol. The number of aliphatic imine (C=N–C) groups is 1. The lowest BCUT2D eigenvalue weighted by Crippen LogP contribution is -2.27. The van der Waals surface area contributed by atoms with Gasteiger partial charge in [0.2, 0.25) is 0 Å². The van der Waals surface area contributed by atoms with Gasteiger partial charge >= 0.3 is 0 Å². The number of nitrogens with zero attached hydrogens (tertiary/aromatic N) is 3. The van der Waals surface area contributed by atoms with E-state index in [1.807, 2.05) is 42.5 Å². The molecule has 0 radical (unpaired) electrons. The van der Waals surface area contributed by atoms with Crippen molar-refractivity contribution in [3.8, 4) is 11.3 Å². The Morgan fingerprint density at radius 2 is 1.97 bits per heavy atom. The van der Waals surface area contributed by atoms with Gasteiger partial charge in [0.05, 0.1) is 17.6 Å². The number of anilines is 1. The minimum atomic E-state index is -1.05. The van der Waals surface area contributed by atoms with Gasteiger partial charge in [-0.15, -0.1) is 0 Å². The van der Waals surface area contributed by atoms with Crippen molar-refractivity contribution in [3.05, 3.63) is 66.5 Å². The highest BCUT2D eigenvalue weighted by Crippen LogP contribution is 2.24. The Hall–Kier alpha value is -3.10. The number of benzene rings is 1. The molecule has 1 saturated heterocycles. The van der Waals surface area contributed by atoms with Gasteiger partial charge in [-0.25, -0.2) is 4.98 Å². The standard InChI is InChI=1S/C23H26N6OS/c1-31(30)19-5-2-4-17(14-19)21-6-3-7-22(28-21)29-23(24)27-18-8-9-20(26-15-18)16-10-12-25-13-11-16/h2-9,14-16,25H,10-13H2,1H3,(H3,24,27,28,29). The smallest absolute Gasteiger partial charge is 0.199 e. The molecule has 0 bridgehead atoms. The van der Waals surface area contributed by atoms with Crippen molar-refractivity contribution >= 4 is 28.3 Å². The van der Waals surface area contributed by atoms with E-state index in [1.165, 1.54) is 0 Å². The van der Waals surface area contributed by atoms with Gasteiger partial charge in [-0.1, -0.05) is 18.2 Å². The molecular formula is C23H26N6OS. The second-order valence-corrected chi connectivity index (χ2v) is 8.86. The van der Waals surface area contributed by atoms with E-state index in [1.54, 1.807) is 18.5 Å². The van der Waals surface area contributed by atoms with Crippen LogP contribution >= 0.6 is 0 Å². The summed E-state index contributed by atoms with van der Waals surface area (Å²) >= 11 is 0. The molecule has 0 aliphatic carbocycles. The monoisotopic (exact) mass is 434 g/mol. The lowest BCUT2D eigenvalue weighted by molar-refractivity contribution is 0.453. The molecule has 3 heterocycles. The maximum absolute atomic E-state index is 11.8. The Balaban J connectivity index is 1.47. The van der Waals surface area contributed by atoms with Crippen LogP contribution in [0.25, 0.3) is 11.3 Å². The van der Waals surface area contributed by atoms with Crippen LogP contribution in [0.15, 0.2) is 70.7 Å². The Bertz CT molecular complexity index is 1090. The third kappa shape index (κ3) is 5.53. The quantitative estimate of drug-likeness (QED) is 0.420. The van der Waals surface area contributed by atoms with E-state index < -0.39 is 10.8 Å². The minimum Gasteiger partial charge on any atom is -0.369 e. The Morgan fingerprint density at radius 3 is 2.71 bits per heavy atom. The Labute approximate surface area is 184 Å². The van der Waals surface area contributed by atoms with Crippen LogP contribution in [0.2, 0.25) is 0 Å². The van der Waals surface area contributed by atoms with Crippen LogP contribution < -0.4 is 16.4 Å². The van der Waals surface area contributed by atoms with Crippen molar-refractivity contribution in [2.45, 2.75) is 23.7 Å². The topological polar surface area (TPSA) is 105 Å². The zero-order valence-electron chi connectivity index (χ0n) is 17.4. The fraction of sp³-hybridized carbons (Fsp3) is 0.261. The van der Waals surface area contributed by atoms with Crippen LogP contribution in [0.1, 0.15) is 24.5 Å². The molecule has 1 aromatic carbocycles. The number of nitrogens with one attached hydrogen (secondary N) is 2. The van der Waals surface area contributed by atoms with E-state index in [0.717, 1.165) is 53.5 Å². The first-order valence-electron chi connectivity index (χ1n) is 10.3. The van der Waals surface area contributed by atoms with E-state index in [2.05, 4.69) is 31.7 Å². The van der Waals surface area contributed by atoms with Crippen molar-refractivity contribution in [2.75, 3.05) is 24.7 Å². The van der Waals surface area contributed by atoms with Crippen molar-refractivity contribution < 1.29 is 4.21 Å². The molecule has 1 atom stereocenters. The maximum atomic E-state index is 11.8. The number of hydrogen-bond donors (Lipinski definition) is 3. The second-order valence-electron chi connectivity index (χ2n) is 7.48. The summed E-state index contributed by atoms with van der Waals surface area (Å²) in [6, 6.07) is 17.1. The summed E-state index contributed by atoms with van der Waals surface area (Å²) in [6.45, 7) is 2.08. The van der Waals surface area contributed by atoms with Crippen molar-refractivity contribution in [3.63, 3.8) is 0 Å². The van der Waals surface area contributed by atoms with E-state index >= 15 is 0 Å². The molecule has 31 heavy (non-hydrogen) atoms. The molecular weight excluding hydrogens is 408 g/mol. The maximum Gasteiger partial charge on any atom is 0.199 e. The highest BCUT2D eigenvalue weighted by atomic mass is 32.2. The molecule has 1 aliphatic rings. The summed E-state index contributed by atoms with van der Waals surface area (Å²) in [5.41, 5.74) is 9.63. The van der Waals surface area contributed by atoms with Gasteiger partial charge in [0.1, 0.15) is 0 Å². The average molecular weight is 435 g/mol. The van der Waals surface area contributed by atoms with Crippen molar-refractivity contribution in [1.29, 1.82) is 0 Å². The molecule has 1 unspecified atom stereocenters. The SMILES string of the molecule is CS(=O)c1cccc(-c2cccc(/N=C(\N)Nc3ccc(C4CCNCC4)nc3)n2)c1. The van der Waals surface area contributed by atoms with E-state index in [4.69, 9.17) is 5.73 Å². The highest BCUT2D eigenvalue weighted by Gasteiger charge is 2.16. The van der Waals surface area contributed by atoms with E-state index in [9.17, 15) is 4.21 Å². The van der Waals surface area contributed by atoms with Crippen LogP contribution in [-0.4, -0.2) is 39.5 Å². The number of pyridine rings is 2. The van der Waals surface area contributed by atoms with E-state index in [0.29, 0.717) is 11.7 Å². The number of aromatic nitrogens is 2. The molecule has 4 N–H and O–H groups in total. The average Bonchev–Trinajstić information content (AvgIpc) is 2.80. The summed E-state index contributed by atoms with van der Waals surface area (Å²) < 4.78 is 11.8. The Morgan fingerprint density at radius 1 is 1.16 bits per heavy atom. The molecule has 160 valence electrons. The molecule has 3 aromatic rings. The normalized spacial score (nSPS) is 16.1. The lowest BCUT2D eigenvalue weighted by Gasteiger charge is -2.22. The van der Waals surface area contributed by atoms with Crippen molar-refractivity contribution in [2.24, 2.45) is 10.7 Å². The first kappa shape index (κ1) is 21.1. The van der Waals surface area contributed by atoms with Crippen LogP contribution in [0.3, 0.4) is 0 Å². The first-order valence-corrected chi connectivity index (χ1v) is 11.8. The second kappa shape index (κ2) is 9.80. The minimum absolute atomic E-state index is 0.240. The summed E-state index contributed by atoms with van der Waals surface area (Å²) in [5.74, 6) is 1.24. The van der Waals surface area contributed by atoms with Gasteiger partial charge in [0, 0.05) is 39.1 Å². The molecule has 0 amide bonds. The Kier molecular flexibility index (Phi) is 6.69. The largest absolute Gasteiger partial charge is 0.369 e. The fourth-order valence-corrected chi connectivity index (χ4v) is 4.18. The van der Waals surface area contributed by atoms with Gasteiger partial charge < -0.3 is 16.4 Å². The van der Waals surface area contributed by atoms with Crippen LogP contribution in [0, 0.1) is 0 Å². The molecule has 4 rings (SSSR count). The third-order valence-electron chi connectivity index (χ3n) is 5.25. The number of guanidine groups is 1. The molecule has 1 aliphatic heterocycles. The highest BCUT2D eigenvalue weighted by molar-refractivity contribution is 7.84. The molecule has 7 nitrogen and oxygen atoms in total. The number of hydrogen-bond acceptors (Lipinski definition) is 5. The van der Waals surface area contributed by atoms with Crippen LogP contribution in [0.4, 0.5) is 11.5 Å². The van der Waals surface area contributed by atoms with Crippen molar-refractivity contribution in [1.82, 2.24) is 15.3 Å². The van der Waals surface area contributed by atoms with E-state index in [-0.39, 0.29) is 5.96 Å². The number of rotatable bonds is 5. The van der Waals surface area contributed by atoms with Gasteiger partial charge in [-0.05, 0) is 62.3 Å². The summed E-state index contributed by atoms with van der Waals surface area (Å²) in [6.07, 6.45) is 5.68. The zero-order valence-corrected chi connectivity index (χ0v) is 18.2. The van der Waals surface area contributed by atoms with Crippen LogP contribution in [-0.2, 0) is 10.8 Å². The van der Waals surface area contributed by atoms with Gasteiger partial charge in [-0.2, -0.15) is 4.99 Å². The lowest BCUT2D eigenvalue weighted by atomic mass is 9.94. The van der Waals surface area contributed by atoms with Gasteiger partial charge in [0.15, 0.2) is 11.8 Å². The molecule has 2 aromatic heterocycles. The molecule has 0 spiro atoms. The summed E-state index contributed by atoms with van der Waals surface area (Å²) in [4.78, 5) is 14.3. The number of nitrogens with two attached hydrogens (primary N) is 1. The molecule has 8 heteroatoms.